The third-order valence-electron chi connectivity index (χ3n) is 3.23. The van der Waals surface area contributed by atoms with Gasteiger partial charge in [0.15, 0.2) is 4.96 Å². The van der Waals surface area contributed by atoms with Crippen LogP contribution in [0.1, 0.15) is 32.9 Å². The number of nitrogens with zero attached hydrogens (tertiary/aromatic N) is 2. The molecule has 94 valence electrons. The van der Waals surface area contributed by atoms with E-state index in [0.29, 0.717) is 11.5 Å². The molecule has 0 aliphatic rings. The fourth-order valence-electron chi connectivity index (χ4n) is 2.20. The summed E-state index contributed by atoms with van der Waals surface area (Å²) in [6.07, 6.45) is 6.37. The molecular formula is C13H21N3S. The van der Waals surface area contributed by atoms with Gasteiger partial charge in [-0.05, 0) is 25.3 Å². The highest BCUT2D eigenvalue weighted by Gasteiger charge is 2.22. The van der Waals surface area contributed by atoms with Gasteiger partial charge < -0.3 is 5.32 Å². The molecule has 0 radical (unpaired) electrons. The van der Waals surface area contributed by atoms with Gasteiger partial charge in [0.25, 0.3) is 0 Å². The van der Waals surface area contributed by atoms with Crippen LogP contribution in [0.15, 0.2) is 17.8 Å². The predicted molar refractivity (Wildman–Crippen MR) is 73.7 cm³/mol. The monoisotopic (exact) mass is 251 g/mol. The Morgan fingerprint density at radius 1 is 1.47 bits per heavy atom. The van der Waals surface area contributed by atoms with Crippen LogP contribution in [0.2, 0.25) is 0 Å². The lowest BCUT2D eigenvalue weighted by Crippen LogP contribution is -2.38. The highest BCUT2D eigenvalue weighted by molar-refractivity contribution is 7.15. The Morgan fingerprint density at radius 3 is 2.82 bits per heavy atom. The fourth-order valence-corrected chi connectivity index (χ4v) is 2.92. The molecule has 0 aromatic carbocycles. The summed E-state index contributed by atoms with van der Waals surface area (Å²) >= 11 is 1.69. The number of hydrogen-bond donors (Lipinski definition) is 1. The minimum Gasteiger partial charge on any atom is -0.316 e. The van der Waals surface area contributed by atoms with Crippen LogP contribution in [0.5, 0.6) is 0 Å². The van der Waals surface area contributed by atoms with Gasteiger partial charge in [-0.2, -0.15) is 0 Å². The summed E-state index contributed by atoms with van der Waals surface area (Å²) in [6.45, 7) is 6.83. The third kappa shape index (κ3) is 2.87. The second-order valence-electron chi connectivity index (χ2n) is 5.57. The van der Waals surface area contributed by atoms with E-state index in [2.05, 4.69) is 53.2 Å². The Kier molecular flexibility index (Phi) is 3.54. The standard InChI is InChI=1S/C13H21N3S/c1-13(2,3)11(14-4)6-5-10-9-16-7-8-17-12(16)15-10/h7-9,11,14H,5-6H2,1-4H3. The van der Waals surface area contributed by atoms with Crippen LogP contribution in [0, 0.1) is 5.41 Å². The Labute approximate surface area is 107 Å². The second kappa shape index (κ2) is 4.78. The highest BCUT2D eigenvalue weighted by atomic mass is 32.1. The molecule has 0 saturated carbocycles. The van der Waals surface area contributed by atoms with Gasteiger partial charge in [-0.3, -0.25) is 4.40 Å². The van der Waals surface area contributed by atoms with Gasteiger partial charge in [0.05, 0.1) is 5.69 Å². The molecule has 0 saturated heterocycles. The van der Waals surface area contributed by atoms with Crippen LogP contribution >= 0.6 is 11.3 Å². The molecule has 2 heterocycles. The molecule has 0 aliphatic heterocycles. The molecule has 2 aromatic rings. The van der Waals surface area contributed by atoms with Gasteiger partial charge in [-0.1, -0.05) is 20.8 Å². The predicted octanol–water partition coefficient (Wildman–Crippen LogP) is 2.96. The first-order chi connectivity index (χ1) is 8.00. The first-order valence-electron chi connectivity index (χ1n) is 6.09. The lowest BCUT2D eigenvalue weighted by atomic mass is 9.84. The molecular weight excluding hydrogens is 230 g/mol. The Hall–Kier alpha value is -0.870. The molecule has 1 N–H and O–H groups in total. The Bertz CT molecular complexity index is 450. The first kappa shape index (κ1) is 12.6. The minimum absolute atomic E-state index is 0.297. The fraction of sp³-hybridized carbons (Fsp3) is 0.615. The first-order valence-corrected chi connectivity index (χ1v) is 6.97. The van der Waals surface area contributed by atoms with Crippen LogP contribution in [0.3, 0.4) is 0 Å². The summed E-state index contributed by atoms with van der Waals surface area (Å²) in [5.74, 6) is 0. The van der Waals surface area contributed by atoms with E-state index in [0.717, 1.165) is 17.8 Å². The number of fused-ring (bicyclic) bond motifs is 1. The largest absolute Gasteiger partial charge is 0.316 e. The number of imidazole rings is 1. The summed E-state index contributed by atoms with van der Waals surface area (Å²) in [6, 6.07) is 0.530. The molecule has 0 bridgehead atoms. The number of aromatic nitrogens is 2. The molecule has 1 atom stereocenters. The highest BCUT2D eigenvalue weighted by Crippen LogP contribution is 2.23. The zero-order chi connectivity index (χ0) is 12.5. The maximum atomic E-state index is 4.61. The van der Waals surface area contributed by atoms with Crippen LogP contribution in [0.25, 0.3) is 4.96 Å². The van der Waals surface area contributed by atoms with Crippen molar-refractivity contribution in [2.45, 2.75) is 39.7 Å². The van der Waals surface area contributed by atoms with Crippen LogP contribution in [-0.2, 0) is 6.42 Å². The van der Waals surface area contributed by atoms with E-state index in [9.17, 15) is 0 Å². The van der Waals surface area contributed by atoms with Gasteiger partial charge in [0.2, 0.25) is 0 Å². The van der Waals surface area contributed by atoms with E-state index in [1.54, 1.807) is 11.3 Å². The van der Waals surface area contributed by atoms with Crippen molar-refractivity contribution < 1.29 is 0 Å². The van der Waals surface area contributed by atoms with Crippen molar-refractivity contribution in [2.24, 2.45) is 5.41 Å². The zero-order valence-corrected chi connectivity index (χ0v) is 11.8. The van der Waals surface area contributed by atoms with Crippen molar-refractivity contribution in [1.29, 1.82) is 0 Å². The third-order valence-corrected chi connectivity index (χ3v) is 4.00. The van der Waals surface area contributed by atoms with Crippen molar-refractivity contribution in [1.82, 2.24) is 14.7 Å². The quantitative estimate of drug-likeness (QED) is 0.905. The molecule has 0 spiro atoms. The van der Waals surface area contributed by atoms with E-state index in [1.807, 2.05) is 7.05 Å². The van der Waals surface area contributed by atoms with Gasteiger partial charge in [-0.15, -0.1) is 11.3 Å². The SMILES string of the molecule is CNC(CCc1cn2ccsc2n1)C(C)(C)C. The van der Waals surface area contributed by atoms with Gasteiger partial charge >= 0.3 is 0 Å². The maximum absolute atomic E-state index is 4.61. The minimum atomic E-state index is 0.297. The second-order valence-corrected chi connectivity index (χ2v) is 6.44. The number of thiazole rings is 1. The van der Waals surface area contributed by atoms with E-state index in [1.165, 1.54) is 5.69 Å². The van der Waals surface area contributed by atoms with Crippen LogP contribution < -0.4 is 5.32 Å². The number of aryl methyl sites for hydroxylation is 1. The molecule has 1 unspecified atom stereocenters. The summed E-state index contributed by atoms with van der Waals surface area (Å²) < 4.78 is 2.10. The van der Waals surface area contributed by atoms with E-state index < -0.39 is 0 Å². The summed E-state index contributed by atoms with van der Waals surface area (Å²) in [5, 5.41) is 5.47. The lowest BCUT2D eigenvalue weighted by Gasteiger charge is -2.30. The number of hydrogen-bond acceptors (Lipinski definition) is 3. The topological polar surface area (TPSA) is 29.3 Å². The normalized spacial score (nSPS) is 14.4. The molecule has 3 nitrogen and oxygen atoms in total. The number of nitrogens with one attached hydrogen (secondary N) is 1. The summed E-state index contributed by atoms with van der Waals surface area (Å²) in [4.78, 5) is 5.71. The van der Waals surface area contributed by atoms with Crippen LogP contribution in [-0.4, -0.2) is 22.5 Å². The zero-order valence-electron chi connectivity index (χ0n) is 11.0. The molecule has 2 rings (SSSR count). The van der Waals surface area contributed by atoms with Crippen molar-refractivity contribution in [3.05, 3.63) is 23.5 Å². The lowest BCUT2D eigenvalue weighted by molar-refractivity contribution is 0.267. The smallest absolute Gasteiger partial charge is 0.193 e. The van der Waals surface area contributed by atoms with E-state index in [4.69, 9.17) is 0 Å². The van der Waals surface area contributed by atoms with Crippen molar-refractivity contribution in [3.63, 3.8) is 0 Å². The van der Waals surface area contributed by atoms with E-state index >= 15 is 0 Å². The molecule has 4 heteroatoms. The average molecular weight is 251 g/mol. The average Bonchev–Trinajstić information content (AvgIpc) is 2.76. The van der Waals surface area contributed by atoms with Crippen molar-refractivity contribution in [3.8, 4) is 0 Å². The summed E-state index contributed by atoms with van der Waals surface area (Å²) in [7, 11) is 2.04. The van der Waals surface area contributed by atoms with Gasteiger partial charge in [0, 0.05) is 23.8 Å². The van der Waals surface area contributed by atoms with Crippen molar-refractivity contribution in [2.75, 3.05) is 7.05 Å². The van der Waals surface area contributed by atoms with Crippen LogP contribution in [0.4, 0.5) is 0 Å². The molecule has 0 amide bonds. The molecule has 2 aromatic heterocycles. The van der Waals surface area contributed by atoms with Gasteiger partial charge in [0.1, 0.15) is 0 Å². The van der Waals surface area contributed by atoms with Crippen molar-refractivity contribution >= 4 is 16.3 Å². The molecule has 0 aliphatic carbocycles. The maximum Gasteiger partial charge on any atom is 0.193 e. The van der Waals surface area contributed by atoms with Gasteiger partial charge in [-0.25, -0.2) is 4.98 Å². The Balaban J connectivity index is 2.00. The molecule has 0 fully saturated rings. The molecule has 17 heavy (non-hydrogen) atoms. The summed E-state index contributed by atoms with van der Waals surface area (Å²) in [5.41, 5.74) is 1.49. The van der Waals surface area contributed by atoms with E-state index in [-0.39, 0.29) is 0 Å². The Morgan fingerprint density at radius 2 is 2.24 bits per heavy atom. The number of rotatable bonds is 4.